The van der Waals surface area contributed by atoms with Gasteiger partial charge in [0.05, 0.1) is 26.4 Å². The third-order valence-electron chi connectivity index (χ3n) is 18.1. The minimum Gasteiger partial charge on any atom is -0.462 e. The molecule has 0 aromatic rings. The Hall–Kier alpha value is -1.94. The number of unbranched alkanes of at least 4 members (excludes halogenated alkanes) is 41. The highest BCUT2D eigenvalue weighted by Gasteiger charge is 2.30. The number of aliphatic hydroxyl groups is 1. The molecule has 19 heteroatoms. The molecule has 3 N–H and O–H groups in total. The Morgan fingerprint density at radius 3 is 0.639 bits per heavy atom. The SMILES string of the molecule is CC(C)CCCCCCCCCCCCCCCCCCCCC(=O)OC[C@H](COP(=O)(O)OC[C@@H](O)COP(=O)(O)OC[C@@H](COC(=O)CCCCCCCCC(C)C)OC(=O)CCCCCCCCCCCCCCCC(C)C)OC(=O)CCCCCCCCCCC(C)C. The fraction of sp³-hybridized carbons (Fsp3) is 0.949. The minimum atomic E-state index is -4.96. The first kappa shape index (κ1) is 95.1. The molecule has 0 fully saturated rings. The van der Waals surface area contributed by atoms with Gasteiger partial charge in [-0.05, 0) is 49.4 Å². The standard InChI is InChI=1S/C78H152O17P2/c1-68(2)54-46-38-30-24-20-16-13-11-9-10-12-14-18-22-26-33-42-50-58-75(80)88-64-73(95-78(83)61-53-45-35-29-28-32-40-48-56-70(5)6)66-92-96(84,85)90-62-72(79)63-91-97(86,87)93-67-74(65-89-76(81)59-51-43-37-36-41-49-57-71(7)8)94-77(82)60-52-44-34-27-23-19-15-17-21-25-31-39-47-55-69(3)4/h68-74,79H,9-67H2,1-8H3,(H,84,85)(H,86,87)/t72-,73-,74-/m1/s1. The topological polar surface area (TPSA) is 237 Å². The van der Waals surface area contributed by atoms with Crippen LogP contribution in [0.2, 0.25) is 0 Å². The highest BCUT2D eigenvalue weighted by atomic mass is 31.2. The van der Waals surface area contributed by atoms with Crippen molar-refractivity contribution >= 4 is 39.5 Å². The molecule has 0 aromatic heterocycles. The molecule has 0 aliphatic rings. The molecule has 0 amide bonds. The number of carbonyl (C=O) groups is 4. The molecule has 0 spiro atoms. The van der Waals surface area contributed by atoms with Gasteiger partial charge in [0.15, 0.2) is 12.2 Å². The highest BCUT2D eigenvalue weighted by Crippen LogP contribution is 2.45. The van der Waals surface area contributed by atoms with E-state index in [0.717, 1.165) is 114 Å². The molecule has 17 nitrogen and oxygen atoms in total. The van der Waals surface area contributed by atoms with E-state index in [1.54, 1.807) is 0 Å². The number of hydrogen-bond donors (Lipinski definition) is 3. The summed E-state index contributed by atoms with van der Waals surface area (Å²) in [5.74, 6) is 0.885. The molecule has 0 aliphatic carbocycles. The smallest absolute Gasteiger partial charge is 0.462 e. The van der Waals surface area contributed by atoms with E-state index in [0.29, 0.717) is 31.6 Å². The zero-order chi connectivity index (χ0) is 71.7. The number of ether oxygens (including phenoxy) is 4. The van der Waals surface area contributed by atoms with Crippen molar-refractivity contribution in [2.24, 2.45) is 23.7 Å². The molecule has 5 atom stereocenters. The number of phosphoric ester groups is 2. The quantitative estimate of drug-likeness (QED) is 0.0222. The van der Waals surface area contributed by atoms with E-state index in [4.69, 9.17) is 37.0 Å². The lowest BCUT2D eigenvalue weighted by Gasteiger charge is -2.21. The largest absolute Gasteiger partial charge is 0.472 e. The molecule has 0 saturated carbocycles. The number of rotatable bonds is 75. The van der Waals surface area contributed by atoms with Gasteiger partial charge < -0.3 is 33.8 Å². The fourth-order valence-corrected chi connectivity index (χ4v) is 13.5. The normalized spacial score (nSPS) is 14.1. The van der Waals surface area contributed by atoms with Crippen molar-refractivity contribution in [1.29, 1.82) is 0 Å². The lowest BCUT2D eigenvalue weighted by atomic mass is 10.0. The zero-order valence-electron chi connectivity index (χ0n) is 63.7. The van der Waals surface area contributed by atoms with Crippen LogP contribution in [0.1, 0.15) is 396 Å². The van der Waals surface area contributed by atoms with Gasteiger partial charge in [-0.1, -0.05) is 344 Å². The van der Waals surface area contributed by atoms with Crippen molar-refractivity contribution in [3.05, 3.63) is 0 Å². The number of hydrogen-bond acceptors (Lipinski definition) is 15. The van der Waals surface area contributed by atoms with Gasteiger partial charge in [-0.15, -0.1) is 0 Å². The monoisotopic (exact) mass is 1420 g/mol. The Morgan fingerprint density at radius 2 is 0.433 bits per heavy atom. The van der Waals surface area contributed by atoms with Crippen LogP contribution in [0.25, 0.3) is 0 Å². The predicted octanol–water partition coefficient (Wildman–Crippen LogP) is 22.8. The van der Waals surface area contributed by atoms with Crippen LogP contribution in [0.4, 0.5) is 0 Å². The summed E-state index contributed by atoms with van der Waals surface area (Å²) in [6, 6.07) is 0. The van der Waals surface area contributed by atoms with E-state index in [1.165, 1.54) is 193 Å². The van der Waals surface area contributed by atoms with E-state index in [2.05, 4.69) is 55.4 Å². The van der Waals surface area contributed by atoms with Gasteiger partial charge in [-0.3, -0.25) is 37.3 Å². The van der Waals surface area contributed by atoms with Crippen molar-refractivity contribution < 1.29 is 80.2 Å². The summed E-state index contributed by atoms with van der Waals surface area (Å²) in [6.07, 6.45) is 53.1. The molecular formula is C78H152O17P2. The van der Waals surface area contributed by atoms with Crippen molar-refractivity contribution in [3.8, 4) is 0 Å². The molecule has 0 bridgehead atoms. The van der Waals surface area contributed by atoms with Crippen LogP contribution in [0.15, 0.2) is 0 Å². The second kappa shape index (κ2) is 67.2. The molecule has 0 saturated heterocycles. The average molecular weight is 1420 g/mol. The Labute approximate surface area is 594 Å². The Balaban J connectivity index is 5.15. The second-order valence-electron chi connectivity index (χ2n) is 30.0. The van der Waals surface area contributed by atoms with E-state index >= 15 is 0 Å². The molecule has 0 aliphatic heterocycles. The van der Waals surface area contributed by atoms with E-state index in [9.17, 15) is 43.2 Å². The van der Waals surface area contributed by atoms with E-state index in [1.807, 2.05) is 0 Å². The lowest BCUT2D eigenvalue weighted by molar-refractivity contribution is -0.161. The van der Waals surface area contributed by atoms with Crippen LogP contribution in [-0.4, -0.2) is 96.7 Å². The number of carbonyl (C=O) groups excluding carboxylic acids is 4. The minimum absolute atomic E-state index is 0.105. The molecular weight excluding hydrogens is 1270 g/mol. The van der Waals surface area contributed by atoms with Crippen LogP contribution in [-0.2, 0) is 65.4 Å². The first-order valence-corrected chi connectivity index (χ1v) is 43.2. The van der Waals surface area contributed by atoms with Crippen molar-refractivity contribution in [1.82, 2.24) is 0 Å². The van der Waals surface area contributed by atoms with Crippen LogP contribution >= 0.6 is 15.6 Å². The Morgan fingerprint density at radius 1 is 0.258 bits per heavy atom. The summed E-state index contributed by atoms with van der Waals surface area (Å²) in [7, 11) is -9.91. The predicted molar refractivity (Wildman–Crippen MR) is 395 cm³/mol. The first-order valence-electron chi connectivity index (χ1n) is 40.2. The molecule has 0 rings (SSSR count). The molecule has 0 radical (unpaired) electrons. The number of phosphoric acid groups is 2. The van der Waals surface area contributed by atoms with E-state index in [-0.39, 0.29) is 25.7 Å². The summed E-state index contributed by atoms with van der Waals surface area (Å²) in [6.45, 7) is 14.1. The van der Waals surface area contributed by atoms with Crippen LogP contribution < -0.4 is 0 Å². The molecule has 2 unspecified atom stereocenters. The molecule has 0 heterocycles. The summed E-state index contributed by atoms with van der Waals surface area (Å²) in [4.78, 5) is 72.8. The summed E-state index contributed by atoms with van der Waals surface area (Å²) < 4.78 is 68.5. The maximum absolute atomic E-state index is 13.1. The molecule has 0 aromatic carbocycles. The van der Waals surface area contributed by atoms with Gasteiger partial charge >= 0.3 is 39.5 Å². The average Bonchev–Trinajstić information content (AvgIpc) is 1.11. The van der Waals surface area contributed by atoms with Crippen molar-refractivity contribution in [2.75, 3.05) is 39.6 Å². The molecule has 576 valence electrons. The zero-order valence-corrected chi connectivity index (χ0v) is 65.5. The highest BCUT2D eigenvalue weighted by molar-refractivity contribution is 7.47. The Kier molecular flexibility index (Phi) is 65.9. The summed E-state index contributed by atoms with van der Waals surface area (Å²) in [5.41, 5.74) is 0. The third kappa shape index (κ3) is 72.2. The van der Waals surface area contributed by atoms with Gasteiger partial charge in [0.1, 0.15) is 19.3 Å². The fourth-order valence-electron chi connectivity index (χ4n) is 11.9. The van der Waals surface area contributed by atoms with Crippen LogP contribution in [0, 0.1) is 23.7 Å². The van der Waals surface area contributed by atoms with Gasteiger partial charge in [-0.2, -0.15) is 0 Å². The maximum Gasteiger partial charge on any atom is 0.472 e. The first-order chi connectivity index (χ1) is 46.6. The van der Waals surface area contributed by atoms with Gasteiger partial charge in [0, 0.05) is 25.7 Å². The number of aliphatic hydroxyl groups excluding tert-OH is 1. The van der Waals surface area contributed by atoms with Gasteiger partial charge in [0.25, 0.3) is 0 Å². The van der Waals surface area contributed by atoms with E-state index < -0.39 is 97.5 Å². The molecule has 97 heavy (non-hydrogen) atoms. The van der Waals surface area contributed by atoms with Gasteiger partial charge in [-0.25, -0.2) is 9.13 Å². The maximum atomic E-state index is 13.1. The third-order valence-corrected chi connectivity index (χ3v) is 20.0. The Bertz CT molecular complexity index is 1900. The second-order valence-corrected chi connectivity index (χ2v) is 32.9. The van der Waals surface area contributed by atoms with Crippen LogP contribution in [0.3, 0.4) is 0 Å². The summed E-state index contributed by atoms with van der Waals surface area (Å²) >= 11 is 0. The lowest BCUT2D eigenvalue weighted by Crippen LogP contribution is -2.30. The van der Waals surface area contributed by atoms with Gasteiger partial charge in [0.2, 0.25) is 0 Å². The van der Waals surface area contributed by atoms with Crippen molar-refractivity contribution in [2.45, 2.75) is 414 Å². The van der Waals surface area contributed by atoms with Crippen molar-refractivity contribution in [3.63, 3.8) is 0 Å². The summed E-state index contributed by atoms with van der Waals surface area (Å²) in [5, 5.41) is 10.6. The van der Waals surface area contributed by atoms with Crippen LogP contribution in [0.5, 0.6) is 0 Å². The number of esters is 4.